The normalized spacial score (nSPS) is 13.0. The van der Waals surface area contributed by atoms with Crippen molar-refractivity contribution in [2.75, 3.05) is 43.9 Å². The third-order valence-corrected chi connectivity index (χ3v) is 5.00. The Morgan fingerprint density at radius 2 is 1.79 bits per heavy atom. The number of para-hydroxylation sites is 1. The second kappa shape index (κ2) is 8.40. The van der Waals surface area contributed by atoms with Crippen molar-refractivity contribution < 1.29 is 0 Å². The SMILES string of the molecule is CN(C)CCCNc1cc(N2CCc3ccccc32)nc(-c2ccccc2)n1. The van der Waals surface area contributed by atoms with E-state index in [9.17, 15) is 0 Å². The van der Waals surface area contributed by atoms with Crippen LogP contribution in [0.4, 0.5) is 17.3 Å². The first-order valence-corrected chi connectivity index (χ1v) is 9.89. The van der Waals surface area contributed by atoms with Gasteiger partial charge in [-0.1, -0.05) is 48.5 Å². The van der Waals surface area contributed by atoms with Crippen LogP contribution < -0.4 is 10.2 Å². The summed E-state index contributed by atoms with van der Waals surface area (Å²) in [6, 6.07) is 20.9. The van der Waals surface area contributed by atoms with Gasteiger partial charge < -0.3 is 15.1 Å². The van der Waals surface area contributed by atoms with E-state index < -0.39 is 0 Å². The van der Waals surface area contributed by atoms with Gasteiger partial charge >= 0.3 is 0 Å². The molecule has 0 aliphatic carbocycles. The lowest BCUT2D eigenvalue weighted by atomic mass is 10.2. The topological polar surface area (TPSA) is 44.3 Å². The molecule has 2 heterocycles. The van der Waals surface area contributed by atoms with E-state index in [0.29, 0.717) is 0 Å². The van der Waals surface area contributed by atoms with Gasteiger partial charge in [0.2, 0.25) is 0 Å². The molecule has 144 valence electrons. The molecule has 5 heteroatoms. The van der Waals surface area contributed by atoms with Gasteiger partial charge in [-0.05, 0) is 45.1 Å². The first-order valence-electron chi connectivity index (χ1n) is 9.89. The van der Waals surface area contributed by atoms with Gasteiger partial charge in [-0.2, -0.15) is 0 Å². The van der Waals surface area contributed by atoms with E-state index in [2.05, 4.69) is 71.7 Å². The number of nitrogens with zero attached hydrogens (tertiary/aromatic N) is 4. The van der Waals surface area contributed by atoms with Crippen LogP contribution in [0.2, 0.25) is 0 Å². The Hall–Kier alpha value is -2.92. The van der Waals surface area contributed by atoms with Crippen LogP contribution in [0.1, 0.15) is 12.0 Å². The summed E-state index contributed by atoms with van der Waals surface area (Å²) in [6.45, 7) is 2.89. The van der Waals surface area contributed by atoms with Crippen LogP contribution >= 0.6 is 0 Å². The molecule has 0 saturated heterocycles. The fourth-order valence-electron chi connectivity index (χ4n) is 3.57. The Balaban J connectivity index is 1.65. The molecule has 0 unspecified atom stereocenters. The maximum Gasteiger partial charge on any atom is 0.163 e. The number of aromatic nitrogens is 2. The highest BCUT2D eigenvalue weighted by molar-refractivity contribution is 5.71. The molecule has 2 aromatic carbocycles. The van der Waals surface area contributed by atoms with E-state index >= 15 is 0 Å². The van der Waals surface area contributed by atoms with Crippen LogP contribution in [0.25, 0.3) is 11.4 Å². The van der Waals surface area contributed by atoms with Gasteiger partial charge in [-0.15, -0.1) is 0 Å². The lowest BCUT2D eigenvalue weighted by Gasteiger charge is -2.20. The minimum Gasteiger partial charge on any atom is -0.370 e. The van der Waals surface area contributed by atoms with E-state index in [1.807, 2.05) is 18.2 Å². The highest BCUT2D eigenvalue weighted by Crippen LogP contribution is 2.34. The molecule has 0 spiro atoms. The molecule has 3 aromatic rings. The lowest BCUT2D eigenvalue weighted by Crippen LogP contribution is -2.18. The monoisotopic (exact) mass is 373 g/mol. The van der Waals surface area contributed by atoms with Crippen molar-refractivity contribution in [1.82, 2.24) is 14.9 Å². The summed E-state index contributed by atoms with van der Waals surface area (Å²) >= 11 is 0. The van der Waals surface area contributed by atoms with Crippen molar-refractivity contribution in [1.29, 1.82) is 0 Å². The summed E-state index contributed by atoms with van der Waals surface area (Å²) in [7, 11) is 4.20. The first kappa shape index (κ1) is 18.4. The van der Waals surface area contributed by atoms with E-state index in [1.54, 1.807) is 0 Å². The third kappa shape index (κ3) is 4.15. The minimum atomic E-state index is 0.762. The van der Waals surface area contributed by atoms with Crippen molar-refractivity contribution in [2.45, 2.75) is 12.8 Å². The number of anilines is 3. The van der Waals surface area contributed by atoms with Gasteiger partial charge in [0.1, 0.15) is 11.6 Å². The van der Waals surface area contributed by atoms with Gasteiger partial charge in [0.15, 0.2) is 5.82 Å². The largest absolute Gasteiger partial charge is 0.370 e. The summed E-state index contributed by atoms with van der Waals surface area (Å²) in [6.07, 6.45) is 2.12. The number of hydrogen-bond acceptors (Lipinski definition) is 5. The third-order valence-electron chi connectivity index (χ3n) is 5.00. The zero-order chi connectivity index (χ0) is 19.3. The first-order chi connectivity index (χ1) is 13.7. The molecular formula is C23H27N5. The van der Waals surface area contributed by atoms with Gasteiger partial charge in [0, 0.05) is 30.4 Å². The van der Waals surface area contributed by atoms with Gasteiger partial charge in [0.25, 0.3) is 0 Å². The Bertz CT molecular complexity index is 923. The van der Waals surface area contributed by atoms with Crippen LogP contribution in [0.3, 0.4) is 0 Å². The summed E-state index contributed by atoms with van der Waals surface area (Å²) in [5, 5.41) is 3.49. The molecule has 4 rings (SSSR count). The Morgan fingerprint density at radius 1 is 1.00 bits per heavy atom. The number of nitrogens with one attached hydrogen (secondary N) is 1. The van der Waals surface area contributed by atoms with Crippen LogP contribution in [-0.4, -0.2) is 48.6 Å². The summed E-state index contributed by atoms with van der Waals surface area (Å²) < 4.78 is 0. The Morgan fingerprint density at radius 3 is 2.61 bits per heavy atom. The van der Waals surface area contributed by atoms with Crippen molar-refractivity contribution in [3.8, 4) is 11.4 Å². The quantitative estimate of drug-likeness (QED) is 0.629. The second-order valence-electron chi connectivity index (χ2n) is 7.41. The van der Waals surface area contributed by atoms with Crippen molar-refractivity contribution in [3.05, 3.63) is 66.2 Å². The van der Waals surface area contributed by atoms with Crippen molar-refractivity contribution in [2.24, 2.45) is 0 Å². The van der Waals surface area contributed by atoms with Crippen LogP contribution in [0, 0.1) is 0 Å². The lowest BCUT2D eigenvalue weighted by molar-refractivity contribution is 0.405. The molecule has 28 heavy (non-hydrogen) atoms. The molecule has 0 amide bonds. The highest BCUT2D eigenvalue weighted by atomic mass is 15.2. The summed E-state index contributed by atoms with van der Waals surface area (Å²) in [5.74, 6) is 2.60. The fourth-order valence-corrected chi connectivity index (χ4v) is 3.57. The molecule has 0 saturated carbocycles. The van der Waals surface area contributed by atoms with Crippen molar-refractivity contribution >= 4 is 17.3 Å². The van der Waals surface area contributed by atoms with Gasteiger partial charge in [0.05, 0.1) is 0 Å². The molecule has 1 aliphatic heterocycles. The Labute approximate surface area is 167 Å². The summed E-state index contributed by atoms with van der Waals surface area (Å²) in [4.78, 5) is 14.2. The zero-order valence-electron chi connectivity index (χ0n) is 16.6. The van der Waals surface area contributed by atoms with E-state index in [1.165, 1.54) is 11.3 Å². The van der Waals surface area contributed by atoms with Gasteiger partial charge in [-0.25, -0.2) is 9.97 Å². The average Bonchev–Trinajstić information content (AvgIpc) is 3.16. The number of benzene rings is 2. The molecule has 1 N–H and O–H groups in total. The molecule has 0 fully saturated rings. The van der Waals surface area contributed by atoms with Crippen LogP contribution in [0.15, 0.2) is 60.7 Å². The maximum atomic E-state index is 4.91. The number of rotatable bonds is 7. The standard InChI is InChI=1S/C23H27N5/c1-27(2)15-8-14-24-21-17-22(26-23(25-21)19-10-4-3-5-11-19)28-16-13-18-9-6-7-12-20(18)28/h3-7,9-12,17H,8,13-16H2,1-2H3,(H,24,25,26). The molecule has 1 aromatic heterocycles. The van der Waals surface area contributed by atoms with E-state index in [4.69, 9.17) is 9.97 Å². The highest BCUT2D eigenvalue weighted by Gasteiger charge is 2.22. The smallest absolute Gasteiger partial charge is 0.163 e. The molecule has 0 atom stereocenters. The van der Waals surface area contributed by atoms with E-state index in [0.717, 1.165) is 55.5 Å². The fraction of sp³-hybridized carbons (Fsp3) is 0.304. The molecule has 1 aliphatic rings. The average molecular weight is 374 g/mol. The zero-order valence-corrected chi connectivity index (χ0v) is 16.6. The van der Waals surface area contributed by atoms with Crippen LogP contribution in [0.5, 0.6) is 0 Å². The predicted molar refractivity (Wildman–Crippen MR) is 116 cm³/mol. The predicted octanol–water partition coefficient (Wildman–Crippen LogP) is 4.20. The molecule has 5 nitrogen and oxygen atoms in total. The number of fused-ring (bicyclic) bond motifs is 1. The molecule has 0 bridgehead atoms. The van der Waals surface area contributed by atoms with Crippen LogP contribution in [-0.2, 0) is 6.42 Å². The molecule has 0 radical (unpaired) electrons. The summed E-state index contributed by atoms with van der Waals surface area (Å²) in [5.41, 5.74) is 3.66. The second-order valence-corrected chi connectivity index (χ2v) is 7.41. The Kier molecular flexibility index (Phi) is 5.53. The number of hydrogen-bond donors (Lipinski definition) is 1. The van der Waals surface area contributed by atoms with Crippen molar-refractivity contribution in [3.63, 3.8) is 0 Å². The maximum absolute atomic E-state index is 4.91. The van der Waals surface area contributed by atoms with Gasteiger partial charge in [-0.3, -0.25) is 0 Å². The molecular weight excluding hydrogens is 346 g/mol. The minimum absolute atomic E-state index is 0.762. The van der Waals surface area contributed by atoms with E-state index in [-0.39, 0.29) is 0 Å².